The van der Waals surface area contributed by atoms with Gasteiger partial charge >= 0.3 is 5.97 Å². The van der Waals surface area contributed by atoms with Crippen molar-refractivity contribution >= 4 is 29.2 Å². The highest BCUT2D eigenvalue weighted by molar-refractivity contribution is 6.30. The van der Waals surface area contributed by atoms with Crippen LogP contribution in [0, 0.1) is 0 Å². The smallest absolute Gasteiger partial charge is 0.304 e. The first-order valence-electron chi connectivity index (χ1n) is 5.28. The summed E-state index contributed by atoms with van der Waals surface area (Å²) in [5, 5.41) is 9.42. The third-order valence-corrected chi connectivity index (χ3v) is 3.16. The van der Waals surface area contributed by atoms with Crippen LogP contribution in [0.2, 0.25) is 5.02 Å². The van der Waals surface area contributed by atoms with Gasteiger partial charge in [-0.05, 0) is 23.8 Å². The molecule has 0 saturated carbocycles. The van der Waals surface area contributed by atoms with Gasteiger partial charge in [0.2, 0.25) is 5.91 Å². The van der Waals surface area contributed by atoms with E-state index < -0.39 is 5.97 Å². The predicted molar refractivity (Wildman–Crippen MR) is 64.5 cm³/mol. The van der Waals surface area contributed by atoms with Gasteiger partial charge in [0.1, 0.15) is 0 Å². The predicted octanol–water partition coefficient (Wildman–Crippen LogP) is 2.26. The van der Waals surface area contributed by atoms with E-state index in [4.69, 9.17) is 16.7 Å². The molecule has 0 fully saturated rings. The fourth-order valence-corrected chi connectivity index (χ4v) is 2.38. The van der Waals surface area contributed by atoms with Gasteiger partial charge in [-0.3, -0.25) is 9.59 Å². The van der Waals surface area contributed by atoms with Gasteiger partial charge < -0.3 is 10.0 Å². The summed E-state index contributed by atoms with van der Waals surface area (Å²) in [7, 11) is 0. The van der Waals surface area contributed by atoms with Gasteiger partial charge in [0.15, 0.2) is 0 Å². The molecule has 0 spiro atoms. The molecule has 1 atom stereocenters. The zero-order chi connectivity index (χ0) is 12.6. The van der Waals surface area contributed by atoms with Crippen LogP contribution in [0.15, 0.2) is 18.2 Å². The maximum atomic E-state index is 11.5. The van der Waals surface area contributed by atoms with Gasteiger partial charge in [-0.1, -0.05) is 11.6 Å². The monoisotopic (exact) mass is 253 g/mol. The number of carbonyl (C=O) groups is 2. The summed E-state index contributed by atoms with van der Waals surface area (Å²) < 4.78 is 0. The molecule has 2 rings (SSSR count). The van der Waals surface area contributed by atoms with Crippen molar-refractivity contribution in [2.24, 2.45) is 0 Å². The molecule has 0 aliphatic carbocycles. The van der Waals surface area contributed by atoms with E-state index in [0.29, 0.717) is 11.6 Å². The van der Waals surface area contributed by atoms with Crippen molar-refractivity contribution in [2.75, 3.05) is 11.4 Å². The second-order valence-electron chi connectivity index (χ2n) is 4.13. The van der Waals surface area contributed by atoms with Crippen LogP contribution in [0.25, 0.3) is 0 Å². The Kier molecular flexibility index (Phi) is 3.07. The Morgan fingerprint density at radius 1 is 1.53 bits per heavy atom. The van der Waals surface area contributed by atoms with Crippen LogP contribution in [0.3, 0.4) is 0 Å². The molecule has 17 heavy (non-hydrogen) atoms. The van der Waals surface area contributed by atoms with Crippen LogP contribution in [0.4, 0.5) is 5.69 Å². The normalized spacial score (nSPS) is 18.0. The number of hydrogen-bond acceptors (Lipinski definition) is 2. The Morgan fingerprint density at radius 2 is 2.24 bits per heavy atom. The maximum Gasteiger partial charge on any atom is 0.304 e. The second-order valence-corrected chi connectivity index (χ2v) is 4.56. The Morgan fingerprint density at radius 3 is 2.82 bits per heavy atom. The molecule has 0 aromatic heterocycles. The third-order valence-electron chi connectivity index (χ3n) is 2.92. The molecular formula is C12H12ClNO3. The number of carbonyl (C=O) groups excluding carboxylic acids is 1. The van der Waals surface area contributed by atoms with Gasteiger partial charge in [-0.2, -0.15) is 0 Å². The highest BCUT2D eigenvalue weighted by atomic mass is 35.5. The zero-order valence-corrected chi connectivity index (χ0v) is 10.1. The third kappa shape index (κ3) is 2.26. The number of benzene rings is 1. The van der Waals surface area contributed by atoms with E-state index in [0.717, 1.165) is 11.3 Å². The molecule has 0 saturated heterocycles. The van der Waals surface area contributed by atoms with E-state index in [1.165, 1.54) is 6.92 Å². The molecule has 5 heteroatoms. The molecular weight excluding hydrogens is 242 g/mol. The molecule has 1 aromatic carbocycles. The maximum absolute atomic E-state index is 11.5. The highest BCUT2D eigenvalue weighted by Crippen LogP contribution is 2.39. The molecule has 0 radical (unpaired) electrons. The lowest BCUT2D eigenvalue weighted by atomic mass is 9.98. The molecule has 1 aliphatic rings. The molecule has 1 heterocycles. The number of fused-ring (bicyclic) bond motifs is 1. The van der Waals surface area contributed by atoms with E-state index >= 15 is 0 Å². The topological polar surface area (TPSA) is 57.6 Å². The quantitative estimate of drug-likeness (QED) is 0.880. The van der Waals surface area contributed by atoms with Crippen LogP contribution in [-0.2, 0) is 9.59 Å². The molecule has 1 unspecified atom stereocenters. The number of rotatable bonds is 2. The number of aliphatic carboxylic acids is 1. The standard InChI is InChI=1S/C12H12ClNO3/c1-7(15)14-6-8(4-12(16)17)10-5-9(13)2-3-11(10)14/h2-3,5,8H,4,6H2,1H3,(H,16,17). The minimum Gasteiger partial charge on any atom is -0.481 e. The van der Waals surface area contributed by atoms with Crippen LogP contribution in [0.5, 0.6) is 0 Å². The van der Waals surface area contributed by atoms with Gasteiger partial charge in [0.25, 0.3) is 0 Å². The van der Waals surface area contributed by atoms with Crippen LogP contribution in [-0.4, -0.2) is 23.5 Å². The summed E-state index contributed by atoms with van der Waals surface area (Å²) in [6, 6.07) is 5.22. The lowest BCUT2D eigenvalue weighted by Gasteiger charge is -2.14. The zero-order valence-electron chi connectivity index (χ0n) is 9.31. The first-order chi connectivity index (χ1) is 7.99. The van der Waals surface area contributed by atoms with Gasteiger partial charge in [-0.25, -0.2) is 0 Å². The summed E-state index contributed by atoms with van der Waals surface area (Å²) in [6.45, 7) is 1.89. The first kappa shape index (κ1) is 11.9. The summed E-state index contributed by atoms with van der Waals surface area (Å²) in [6.07, 6.45) is 0.0110. The van der Waals surface area contributed by atoms with Crippen molar-refractivity contribution in [2.45, 2.75) is 19.3 Å². The van der Waals surface area contributed by atoms with E-state index in [1.54, 1.807) is 23.1 Å². The Balaban J connectivity index is 2.40. The van der Waals surface area contributed by atoms with E-state index in [-0.39, 0.29) is 18.2 Å². The molecule has 1 N–H and O–H groups in total. The average molecular weight is 254 g/mol. The number of nitrogens with zero attached hydrogens (tertiary/aromatic N) is 1. The SMILES string of the molecule is CC(=O)N1CC(CC(=O)O)c2cc(Cl)ccc21. The van der Waals surface area contributed by atoms with Crippen molar-refractivity contribution in [3.05, 3.63) is 28.8 Å². The summed E-state index contributed by atoms with van der Waals surface area (Å²) in [5.41, 5.74) is 1.61. The number of halogens is 1. The number of carboxylic acid groups (broad SMARTS) is 1. The fourth-order valence-electron chi connectivity index (χ4n) is 2.20. The molecule has 0 bridgehead atoms. The fraction of sp³-hybridized carbons (Fsp3) is 0.333. The Labute approximate surface area is 104 Å². The molecule has 1 aliphatic heterocycles. The Hall–Kier alpha value is -1.55. The second kappa shape index (κ2) is 4.37. The molecule has 1 aromatic rings. The van der Waals surface area contributed by atoms with Gasteiger partial charge in [0, 0.05) is 30.1 Å². The van der Waals surface area contributed by atoms with Crippen molar-refractivity contribution in [1.82, 2.24) is 0 Å². The average Bonchev–Trinajstić information content (AvgIpc) is 2.56. The van der Waals surface area contributed by atoms with E-state index in [1.807, 2.05) is 0 Å². The molecule has 4 nitrogen and oxygen atoms in total. The largest absolute Gasteiger partial charge is 0.481 e. The van der Waals surface area contributed by atoms with Crippen molar-refractivity contribution in [3.63, 3.8) is 0 Å². The number of anilines is 1. The van der Waals surface area contributed by atoms with Crippen molar-refractivity contribution in [1.29, 1.82) is 0 Å². The van der Waals surface area contributed by atoms with Gasteiger partial charge in [0.05, 0.1) is 6.42 Å². The number of amides is 1. The first-order valence-corrected chi connectivity index (χ1v) is 5.66. The van der Waals surface area contributed by atoms with E-state index in [9.17, 15) is 9.59 Å². The molecule has 1 amide bonds. The molecule has 90 valence electrons. The minimum absolute atomic E-state index is 0.0110. The van der Waals surface area contributed by atoms with Crippen molar-refractivity contribution < 1.29 is 14.7 Å². The van der Waals surface area contributed by atoms with Crippen LogP contribution in [0.1, 0.15) is 24.8 Å². The van der Waals surface area contributed by atoms with Crippen LogP contribution < -0.4 is 4.90 Å². The number of hydrogen-bond donors (Lipinski definition) is 1. The number of carboxylic acids is 1. The Bertz CT molecular complexity index is 487. The van der Waals surface area contributed by atoms with Gasteiger partial charge in [-0.15, -0.1) is 0 Å². The summed E-state index contributed by atoms with van der Waals surface area (Å²) >= 11 is 5.90. The van der Waals surface area contributed by atoms with Crippen molar-refractivity contribution in [3.8, 4) is 0 Å². The lowest BCUT2D eigenvalue weighted by molar-refractivity contribution is -0.137. The lowest BCUT2D eigenvalue weighted by Crippen LogP contribution is -2.27. The summed E-state index contributed by atoms with van der Waals surface area (Å²) in [4.78, 5) is 23.9. The highest BCUT2D eigenvalue weighted by Gasteiger charge is 2.32. The summed E-state index contributed by atoms with van der Waals surface area (Å²) in [5.74, 6) is -1.13. The minimum atomic E-state index is -0.869. The van der Waals surface area contributed by atoms with E-state index in [2.05, 4.69) is 0 Å². The van der Waals surface area contributed by atoms with Crippen LogP contribution >= 0.6 is 11.6 Å².